The van der Waals surface area contributed by atoms with Gasteiger partial charge in [-0.1, -0.05) is 35.3 Å². The monoisotopic (exact) mass is 378 g/mol. The summed E-state index contributed by atoms with van der Waals surface area (Å²) >= 11 is 12.0. The molecule has 0 bridgehead atoms. The number of likely N-dealkylation sites (tertiary alicyclic amines) is 1. The summed E-state index contributed by atoms with van der Waals surface area (Å²) in [5.74, 6) is -1.14. The van der Waals surface area contributed by atoms with E-state index >= 15 is 0 Å². The number of rotatable bonds is 4. The number of hydrogen-bond acceptors (Lipinski definition) is 4. The Morgan fingerprint density at radius 2 is 2.08 bits per heavy atom. The van der Waals surface area contributed by atoms with Gasteiger partial charge in [0.05, 0.1) is 27.7 Å². The molecule has 1 aromatic heterocycles. The van der Waals surface area contributed by atoms with Gasteiger partial charge in [0, 0.05) is 19.7 Å². The van der Waals surface area contributed by atoms with E-state index in [1.165, 1.54) is 0 Å². The molecule has 0 radical (unpaired) electrons. The van der Waals surface area contributed by atoms with Crippen LogP contribution in [-0.4, -0.2) is 28.8 Å². The highest BCUT2D eigenvalue weighted by atomic mass is 35.5. The molecule has 25 heavy (non-hydrogen) atoms. The zero-order valence-electron chi connectivity index (χ0n) is 13.5. The lowest BCUT2D eigenvalue weighted by atomic mass is 9.94. The lowest BCUT2D eigenvalue weighted by Gasteiger charge is -2.24. The maximum Gasteiger partial charge on any atom is 0.312 e. The lowest BCUT2D eigenvalue weighted by Crippen LogP contribution is -2.28. The third kappa shape index (κ3) is 3.78. The van der Waals surface area contributed by atoms with E-state index in [0.717, 1.165) is 5.56 Å². The standard InChI is InChI=1S/C18H16Cl2N2O3/c1-22-16(23)9-13(17(22)11-5-6-14(19)15(20)8-11)18(24)25-10-12-4-2-3-7-21-12/h2-8,13,17H,9-10H2,1H3. The van der Waals surface area contributed by atoms with Crippen LogP contribution in [0.5, 0.6) is 0 Å². The van der Waals surface area contributed by atoms with Crippen molar-refractivity contribution in [3.05, 3.63) is 63.9 Å². The SMILES string of the molecule is CN1C(=O)CC(C(=O)OCc2ccccn2)C1c1ccc(Cl)c(Cl)c1. The van der Waals surface area contributed by atoms with Crippen molar-refractivity contribution in [2.75, 3.05) is 7.05 Å². The van der Waals surface area contributed by atoms with E-state index < -0.39 is 17.9 Å². The van der Waals surface area contributed by atoms with Crippen molar-refractivity contribution in [1.82, 2.24) is 9.88 Å². The summed E-state index contributed by atoms with van der Waals surface area (Å²) in [6, 6.07) is 10.1. The molecule has 2 atom stereocenters. The molecule has 2 heterocycles. The van der Waals surface area contributed by atoms with Crippen LogP contribution >= 0.6 is 23.2 Å². The van der Waals surface area contributed by atoms with Gasteiger partial charge in [-0.3, -0.25) is 14.6 Å². The summed E-state index contributed by atoms with van der Waals surface area (Å²) in [6.45, 7) is 0.0716. The van der Waals surface area contributed by atoms with Gasteiger partial charge in [-0.25, -0.2) is 0 Å². The van der Waals surface area contributed by atoms with Crippen LogP contribution in [0.2, 0.25) is 10.0 Å². The third-order valence-corrected chi connectivity index (χ3v) is 5.00. The summed E-state index contributed by atoms with van der Waals surface area (Å²) in [7, 11) is 1.67. The zero-order valence-corrected chi connectivity index (χ0v) is 15.0. The van der Waals surface area contributed by atoms with Crippen LogP contribution in [0.25, 0.3) is 0 Å². The number of amides is 1. The van der Waals surface area contributed by atoms with Crippen molar-refractivity contribution in [2.45, 2.75) is 19.1 Å². The number of ether oxygens (including phenoxy) is 1. The van der Waals surface area contributed by atoms with Gasteiger partial charge in [0.25, 0.3) is 0 Å². The van der Waals surface area contributed by atoms with Crippen LogP contribution in [0.3, 0.4) is 0 Å². The van der Waals surface area contributed by atoms with Gasteiger partial charge in [-0.15, -0.1) is 0 Å². The lowest BCUT2D eigenvalue weighted by molar-refractivity contribution is -0.151. The smallest absolute Gasteiger partial charge is 0.312 e. The molecular formula is C18H16Cl2N2O3. The molecule has 0 N–H and O–H groups in total. The van der Waals surface area contributed by atoms with Crippen LogP contribution in [-0.2, 0) is 20.9 Å². The molecular weight excluding hydrogens is 363 g/mol. The summed E-state index contributed by atoms with van der Waals surface area (Å²) in [5, 5.41) is 0.805. The molecule has 5 nitrogen and oxygen atoms in total. The number of carbonyl (C=O) groups is 2. The molecule has 0 spiro atoms. The Morgan fingerprint density at radius 3 is 2.76 bits per heavy atom. The van der Waals surface area contributed by atoms with Crippen molar-refractivity contribution in [3.63, 3.8) is 0 Å². The average molecular weight is 379 g/mol. The topological polar surface area (TPSA) is 59.5 Å². The highest BCUT2D eigenvalue weighted by molar-refractivity contribution is 6.42. The molecule has 2 aromatic rings. The fraction of sp³-hybridized carbons (Fsp3) is 0.278. The second kappa shape index (κ2) is 7.42. The first-order valence-electron chi connectivity index (χ1n) is 7.74. The molecule has 0 saturated carbocycles. The van der Waals surface area contributed by atoms with Gasteiger partial charge in [-0.2, -0.15) is 0 Å². The van der Waals surface area contributed by atoms with E-state index in [1.54, 1.807) is 48.5 Å². The van der Waals surface area contributed by atoms with E-state index in [4.69, 9.17) is 27.9 Å². The van der Waals surface area contributed by atoms with Crippen molar-refractivity contribution in [2.24, 2.45) is 5.92 Å². The molecule has 0 aliphatic carbocycles. The Balaban J connectivity index is 1.79. The maximum atomic E-state index is 12.6. The summed E-state index contributed by atoms with van der Waals surface area (Å²) in [4.78, 5) is 30.4. The highest BCUT2D eigenvalue weighted by Crippen LogP contribution is 2.39. The van der Waals surface area contributed by atoms with Gasteiger partial charge >= 0.3 is 5.97 Å². The van der Waals surface area contributed by atoms with Crippen LogP contribution < -0.4 is 0 Å². The number of benzene rings is 1. The molecule has 1 amide bonds. The first-order chi connectivity index (χ1) is 12.0. The minimum atomic E-state index is -0.599. The predicted octanol–water partition coefficient (Wildman–Crippen LogP) is 3.65. The van der Waals surface area contributed by atoms with E-state index in [-0.39, 0.29) is 18.9 Å². The van der Waals surface area contributed by atoms with Crippen molar-refractivity contribution >= 4 is 35.1 Å². The molecule has 1 aromatic carbocycles. The highest BCUT2D eigenvalue weighted by Gasteiger charge is 2.43. The van der Waals surface area contributed by atoms with E-state index in [2.05, 4.69) is 4.98 Å². The first kappa shape index (κ1) is 17.7. The summed E-state index contributed by atoms with van der Waals surface area (Å²) in [6.07, 6.45) is 1.73. The Labute approximate surface area is 155 Å². The minimum Gasteiger partial charge on any atom is -0.459 e. The fourth-order valence-electron chi connectivity index (χ4n) is 2.97. The van der Waals surface area contributed by atoms with Crippen molar-refractivity contribution < 1.29 is 14.3 Å². The maximum absolute atomic E-state index is 12.6. The Bertz CT molecular complexity index is 798. The molecule has 7 heteroatoms. The summed E-state index contributed by atoms with van der Waals surface area (Å²) in [5.41, 5.74) is 1.40. The van der Waals surface area contributed by atoms with Gasteiger partial charge in [0.15, 0.2) is 0 Å². The van der Waals surface area contributed by atoms with Crippen LogP contribution in [0.1, 0.15) is 23.7 Å². The van der Waals surface area contributed by atoms with Gasteiger partial charge in [-0.05, 0) is 29.8 Å². The normalized spacial score (nSPS) is 20.0. The predicted molar refractivity (Wildman–Crippen MR) is 94.1 cm³/mol. The molecule has 2 unspecified atom stereocenters. The number of carbonyl (C=O) groups excluding carboxylic acids is 2. The molecule has 130 valence electrons. The van der Waals surface area contributed by atoms with Crippen LogP contribution in [0.15, 0.2) is 42.6 Å². The molecule has 1 aliphatic rings. The number of aromatic nitrogens is 1. The van der Waals surface area contributed by atoms with Gasteiger partial charge in [0.2, 0.25) is 5.91 Å². The molecule has 1 fully saturated rings. The second-order valence-electron chi connectivity index (χ2n) is 5.86. The number of halogens is 2. The largest absolute Gasteiger partial charge is 0.459 e. The van der Waals surface area contributed by atoms with E-state index in [9.17, 15) is 9.59 Å². The van der Waals surface area contributed by atoms with Gasteiger partial charge < -0.3 is 9.64 Å². The molecule has 1 aliphatic heterocycles. The Morgan fingerprint density at radius 1 is 1.28 bits per heavy atom. The average Bonchev–Trinajstić information content (AvgIpc) is 2.91. The van der Waals surface area contributed by atoms with E-state index in [0.29, 0.717) is 15.7 Å². The number of pyridine rings is 1. The number of hydrogen-bond donors (Lipinski definition) is 0. The Kier molecular flexibility index (Phi) is 5.25. The minimum absolute atomic E-state index is 0.0716. The van der Waals surface area contributed by atoms with E-state index in [1.807, 2.05) is 6.07 Å². The quantitative estimate of drug-likeness (QED) is 0.761. The number of nitrogens with zero attached hydrogens (tertiary/aromatic N) is 2. The Hall–Kier alpha value is -2.11. The van der Waals surface area contributed by atoms with Gasteiger partial charge in [0.1, 0.15) is 6.61 Å². The van der Waals surface area contributed by atoms with Crippen LogP contribution in [0, 0.1) is 5.92 Å². The zero-order chi connectivity index (χ0) is 18.0. The second-order valence-corrected chi connectivity index (χ2v) is 6.68. The summed E-state index contributed by atoms with van der Waals surface area (Å²) < 4.78 is 5.37. The molecule has 1 saturated heterocycles. The number of esters is 1. The molecule has 3 rings (SSSR count). The fourth-order valence-corrected chi connectivity index (χ4v) is 3.28. The first-order valence-corrected chi connectivity index (χ1v) is 8.50. The third-order valence-electron chi connectivity index (χ3n) is 4.26. The van der Waals surface area contributed by atoms with Crippen molar-refractivity contribution in [1.29, 1.82) is 0 Å². The van der Waals surface area contributed by atoms with Crippen molar-refractivity contribution in [3.8, 4) is 0 Å². The van der Waals surface area contributed by atoms with Crippen LogP contribution in [0.4, 0.5) is 0 Å².